The van der Waals surface area contributed by atoms with E-state index in [1.165, 1.54) is 44.1 Å². The highest BCUT2D eigenvalue weighted by molar-refractivity contribution is 5.23. The summed E-state index contributed by atoms with van der Waals surface area (Å²) in [6.45, 7) is 7.45. The molecule has 0 aliphatic heterocycles. The highest BCUT2D eigenvalue weighted by Gasteiger charge is 2.06. The van der Waals surface area contributed by atoms with E-state index in [-0.39, 0.29) is 0 Å². The summed E-state index contributed by atoms with van der Waals surface area (Å²) in [7, 11) is 0. The van der Waals surface area contributed by atoms with Crippen molar-refractivity contribution in [3.63, 3.8) is 0 Å². The third-order valence-corrected chi connectivity index (χ3v) is 3.64. The smallest absolute Gasteiger partial charge is 0.00743 e. The lowest BCUT2D eigenvalue weighted by Gasteiger charge is -2.15. The Kier molecular flexibility index (Phi) is 14.0. The minimum atomic E-state index is 0.785. The highest BCUT2D eigenvalue weighted by atomic mass is 14.5. The Bertz CT molecular complexity index is 280. The van der Waals surface area contributed by atoms with Crippen molar-refractivity contribution in [3.8, 4) is 0 Å². The topological polar surface area (TPSA) is 26.0 Å². The molecule has 1 heteroatoms. The van der Waals surface area contributed by atoms with Crippen LogP contribution in [0.3, 0.4) is 0 Å². The van der Waals surface area contributed by atoms with Gasteiger partial charge in [0.15, 0.2) is 0 Å². The minimum Gasteiger partial charge on any atom is -0.330 e. The lowest BCUT2D eigenvalue weighted by molar-refractivity contribution is 0.412. The van der Waals surface area contributed by atoms with Crippen LogP contribution in [0.2, 0.25) is 0 Å². The first-order chi connectivity index (χ1) is 9.78. The zero-order valence-corrected chi connectivity index (χ0v) is 13.9. The van der Waals surface area contributed by atoms with Crippen LogP contribution < -0.4 is 5.73 Å². The van der Waals surface area contributed by atoms with Gasteiger partial charge in [-0.15, -0.1) is 0 Å². The first-order valence-corrected chi connectivity index (χ1v) is 8.46. The lowest BCUT2D eigenvalue weighted by Crippen LogP contribution is -2.00. The molecule has 0 radical (unpaired) electrons. The normalized spacial score (nSPS) is 13.2. The van der Waals surface area contributed by atoms with E-state index in [2.05, 4.69) is 51.2 Å². The quantitative estimate of drug-likeness (QED) is 0.355. The van der Waals surface area contributed by atoms with Crippen molar-refractivity contribution in [3.05, 3.63) is 36.0 Å². The van der Waals surface area contributed by atoms with Crippen molar-refractivity contribution in [1.82, 2.24) is 0 Å². The lowest BCUT2D eigenvalue weighted by atomic mass is 9.91. The maximum Gasteiger partial charge on any atom is -0.00743 e. The zero-order chi connectivity index (χ0) is 15.1. The van der Waals surface area contributed by atoms with Gasteiger partial charge >= 0.3 is 0 Å². The van der Waals surface area contributed by atoms with Gasteiger partial charge in [0.1, 0.15) is 0 Å². The van der Waals surface area contributed by atoms with Crippen molar-refractivity contribution in [1.29, 1.82) is 0 Å². The van der Waals surface area contributed by atoms with Gasteiger partial charge in [0.2, 0.25) is 0 Å². The summed E-state index contributed by atoms with van der Waals surface area (Å²) in [4.78, 5) is 0. The maximum absolute atomic E-state index is 5.53. The van der Waals surface area contributed by atoms with E-state index in [0.29, 0.717) is 0 Å². The third-order valence-electron chi connectivity index (χ3n) is 3.64. The van der Waals surface area contributed by atoms with E-state index in [0.717, 1.165) is 25.3 Å². The first kappa shape index (κ1) is 19.2. The van der Waals surface area contributed by atoms with Crippen LogP contribution >= 0.6 is 0 Å². The molecule has 0 atom stereocenters. The van der Waals surface area contributed by atoms with Gasteiger partial charge in [0, 0.05) is 0 Å². The van der Waals surface area contributed by atoms with Gasteiger partial charge in [-0.25, -0.2) is 0 Å². The maximum atomic E-state index is 5.53. The van der Waals surface area contributed by atoms with Crippen molar-refractivity contribution < 1.29 is 0 Å². The van der Waals surface area contributed by atoms with Crippen LogP contribution in [0.25, 0.3) is 0 Å². The largest absolute Gasteiger partial charge is 0.330 e. The summed E-state index contributed by atoms with van der Waals surface area (Å²) in [5, 5.41) is 0. The van der Waals surface area contributed by atoms with Gasteiger partial charge in [-0.1, -0.05) is 69.9 Å². The Morgan fingerprint density at radius 2 is 1.80 bits per heavy atom. The van der Waals surface area contributed by atoms with Gasteiger partial charge in [-0.3, -0.25) is 0 Å². The number of unbranched alkanes of at least 4 members (excludes halogenated alkanes) is 1. The molecule has 0 unspecified atom stereocenters. The summed E-state index contributed by atoms with van der Waals surface area (Å²) >= 11 is 0. The number of nitrogens with two attached hydrogens (primary N) is 1. The molecule has 0 bridgehead atoms. The fraction of sp³-hybridized carbons (Fsp3) is 0.684. The monoisotopic (exact) mass is 277 g/mol. The number of hydrogen-bond acceptors (Lipinski definition) is 1. The van der Waals surface area contributed by atoms with Crippen molar-refractivity contribution >= 4 is 0 Å². The Morgan fingerprint density at radius 1 is 1.10 bits per heavy atom. The standard InChI is InChI=1S/C19H35N/c1-4-7-13-19(14-9-8-10-17-20)16-15-18(11-5-2)12-6-3/h4,7,9,13-14,18H,5-6,8,10-12,15-17,20H2,1-3H3/b7-4-,14-9+,19-13+. The molecular weight excluding hydrogens is 242 g/mol. The van der Waals surface area contributed by atoms with Crippen LogP contribution in [0.5, 0.6) is 0 Å². The van der Waals surface area contributed by atoms with E-state index < -0.39 is 0 Å². The third kappa shape index (κ3) is 11.0. The van der Waals surface area contributed by atoms with E-state index in [4.69, 9.17) is 5.73 Å². The molecule has 0 aromatic heterocycles. The van der Waals surface area contributed by atoms with Crippen LogP contribution in [0, 0.1) is 5.92 Å². The Hall–Kier alpha value is -0.820. The fourth-order valence-corrected chi connectivity index (χ4v) is 2.53. The predicted molar refractivity (Wildman–Crippen MR) is 92.9 cm³/mol. The second-order valence-corrected chi connectivity index (χ2v) is 5.58. The second kappa shape index (κ2) is 14.6. The average Bonchev–Trinajstić information content (AvgIpc) is 2.45. The minimum absolute atomic E-state index is 0.785. The number of rotatable bonds is 12. The number of hydrogen-bond donors (Lipinski definition) is 1. The van der Waals surface area contributed by atoms with E-state index in [9.17, 15) is 0 Å². The molecule has 0 aromatic rings. The molecule has 0 aliphatic rings. The second-order valence-electron chi connectivity index (χ2n) is 5.58. The molecule has 20 heavy (non-hydrogen) atoms. The molecule has 0 heterocycles. The fourth-order valence-electron chi connectivity index (χ4n) is 2.53. The summed E-state index contributed by atoms with van der Waals surface area (Å²) < 4.78 is 0. The Balaban J connectivity index is 4.37. The van der Waals surface area contributed by atoms with E-state index in [1.807, 2.05) is 0 Å². The molecule has 0 spiro atoms. The van der Waals surface area contributed by atoms with E-state index >= 15 is 0 Å². The van der Waals surface area contributed by atoms with Crippen molar-refractivity contribution in [2.45, 2.75) is 72.1 Å². The van der Waals surface area contributed by atoms with Crippen molar-refractivity contribution in [2.75, 3.05) is 6.54 Å². The molecule has 0 fully saturated rings. The molecule has 0 saturated carbocycles. The molecule has 2 N–H and O–H groups in total. The van der Waals surface area contributed by atoms with Gasteiger partial charge in [0.25, 0.3) is 0 Å². The Labute approximate surface area is 127 Å². The Morgan fingerprint density at radius 3 is 2.35 bits per heavy atom. The molecule has 1 nitrogen and oxygen atoms in total. The van der Waals surface area contributed by atoms with Crippen molar-refractivity contribution in [2.24, 2.45) is 11.7 Å². The molecule has 0 aromatic carbocycles. The summed E-state index contributed by atoms with van der Waals surface area (Å²) in [5.74, 6) is 0.899. The zero-order valence-electron chi connectivity index (χ0n) is 13.9. The predicted octanol–water partition coefficient (Wildman–Crippen LogP) is 5.78. The van der Waals surface area contributed by atoms with E-state index in [1.54, 1.807) is 0 Å². The van der Waals surface area contributed by atoms with Crippen LogP contribution in [0.1, 0.15) is 72.1 Å². The van der Waals surface area contributed by atoms with Crippen LogP contribution in [-0.4, -0.2) is 6.54 Å². The molecule has 0 aliphatic carbocycles. The molecule has 116 valence electrons. The van der Waals surface area contributed by atoms with Crippen LogP contribution in [0.4, 0.5) is 0 Å². The van der Waals surface area contributed by atoms with Crippen LogP contribution in [-0.2, 0) is 0 Å². The van der Waals surface area contributed by atoms with Gasteiger partial charge in [0.05, 0.1) is 0 Å². The number of allylic oxidation sites excluding steroid dienone is 6. The summed E-state index contributed by atoms with van der Waals surface area (Å²) in [6, 6.07) is 0. The van der Waals surface area contributed by atoms with Gasteiger partial charge in [-0.2, -0.15) is 0 Å². The first-order valence-electron chi connectivity index (χ1n) is 8.46. The summed E-state index contributed by atoms with van der Waals surface area (Å²) in [5.41, 5.74) is 6.99. The molecule has 0 saturated heterocycles. The van der Waals surface area contributed by atoms with Gasteiger partial charge in [-0.05, 0) is 50.6 Å². The molecular formula is C19H35N. The average molecular weight is 277 g/mol. The summed E-state index contributed by atoms with van der Waals surface area (Å²) in [6.07, 6.45) is 21.2. The highest BCUT2D eigenvalue weighted by Crippen LogP contribution is 2.22. The molecule has 0 rings (SSSR count). The van der Waals surface area contributed by atoms with Gasteiger partial charge < -0.3 is 5.73 Å². The molecule has 0 amide bonds. The van der Waals surface area contributed by atoms with Crippen LogP contribution in [0.15, 0.2) is 36.0 Å². The SMILES string of the molecule is C\C=C/C=C(\C=C\CCCN)CCC(CCC)CCC.